The first-order chi connectivity index (χ1) is 14.3. The average Bonchev–Trinajstić information content (AvgIpc) is 2.72. The highest BCUT2D eigenvalue weighted by molar-refractivity contribution is 6.01. The molecule has 1 atom stereocenters. The van der Waals surface area contributed by atoms with Crippen molar-refractivity contribution < 1.29 is 19.1 Å². The van der Waals surface area contributed by atoms with Crippen LogP contribution in [0.2, 0.25) is 0 Å². The van der Waals surface area contributed by atoms with Crippen LogP contribution in [-0.2, 0) is 14.3 Å². The third kappa shape index (κ3) is 6.92. The number of esters is 1. The maximum absolute atomic E-state index is 12.3. The second-order valence-electron chi connectivity index (χ2n) is 7.50. The van der Waals surface area contributed by atoms with E-state index in [-0.39, 0.29) is 11.6 Å². The smallest absolute Gasteiger partial charge is 0.349 e. The van der Waals surface area contributed by atoms with Gasteiger partial charge in [-0.3, -0.25) is 10.1 Å². The zero-order chi connectivity index (χ0) is 22.1. The Kier molecular flexibility index (Phi) is 8.41. The highest BCUT2D eigenvalue weighted by Gasteiger charge is 2.23. The average molecular weight is 412 g/mol. The van der Waals surface area contributed by atoms with Gasteiger partial charge in [0.1, 0.15) is 11.6 Å². The molecule has 1 aromatic rings. The molecule has 1 aromatic carbocycles. The molecule has 0 spiro atoms. The number of nitrogens with zero attached hydrogens (tertiary/aromatic N) is 2. The van der Waals surface area contributed by atoms with E-state index in [1.165, 1.54) is 13.0 Å². The molecule has 3 amide bonds. The van der Waals surface area contributed by atoms with Gasteiger partial charge < -0.3 is 15.0 Å². The van der Waals surface area contributed by atoms with Crippen LogP contribution in [0.5, 0.6) is 0 Å². The zero-order valence-electron chi connectivity index (χ0n) is 17.6. The van der Waals surface area contributed by atoms with Gasteiger partial charge in [-0.2, -0.15) is 5.26 Å². The number of hydrogen-bond donors (Lipinski definition) is 2. The summed E-state index contributed by atoms with van der Waals surface area (Å²) in [6.07, 6.45) is 5.20. The number of rotatable bonds is 6. The Morgan fingerprint density at radius 2 is 1.80 bits per heavy atom. The Balaban J connectivity index is 1.90. The summed E-state index contributed by atoms with van der Waals surface area (Å²) in [7, 11) is 3.82. The van der Waals surface area contributed by atoms with Crippen LogP contribution in [0, 0.1) is 11.3 Å². The molecule has 8 heteroatoms. The molecule has 0 aromatic heterocycles. The lowest BCUT2D eigenvalue weighted by molar-refractivity contribution is -0.150. The normalized spacial score (nSPS) is 15.5. The number of nitriles is 1. The van der Waals surface area contributed by atoms with Gasteiger partial charge in [-0.25, -0.2) is 9.59 Å². The van der Waals surface area contributed by atoms with E-state index in [4.69, 9.17) is 4.74 Å². The number of amides is 3. The molecule has 0 aliphatic heterocycles. The minimum atomic E-state index is -1.22. The first-order valence-corrected chi connectivity index (χ1v) is 10.0. The summed E-state index contributed by atoms with van der Waals surface area (Å²) in [4.78, 5) is 38.3. The van der Waals surface area contributed by atoms with E-state index in [2.05, 4.69) is 10.6 Å². The summed E-state index contributed by atoms with van der Waals surface area (Å²) < 4.78 is 5.06. The van der Waals surface area contributed by atoms with Gasteiger partial charge in [0, 0.05) is 25.8 Å². The van der Waals surface area contributed by atoms with E-state index in [1.54, 1.807) is 18.2 Å². The summed E-state index contributed by atoms with van der Waals surface area (Å²) in [6.45, 7) is 1.35. The highest BCUT2D eigenvalue weighted by atomic mass is 16.5. The van der Waals surface area contributed by atoms with Gasteiger partial charge in [-0.05, 0) is 43.5 Å². The summed E-state index contributed by atoms with van der Waals surface area (Å²) in [6, 6.07) is 8.49. The number of carbonyl (C=O) groups is 3. The Morgan fingerprint density at radius 3 is 2.37 bits per heavy atom. The van der Waals surface area contributed by atoms with Crippen LogP contribution < -0.4 is 15.5 Å². The number of benzene rings is 1. The molecule has 2 rings (SSSR count). The second kappa shape index (κ2) is 11.0. The van der Waals surface area contributed by atoms with Crippen LogP contribution >= 0.6 is 0 Å². The lowest BCUT2D eigenvalue weighted by atomic mass is 9.96. The monoisotopic (exact) mass is 412 g/mol. The summed E-state index contributed by atoms with van der Waals surface area (Å²) in [5, 5.41) is 14.2. The van der Waals surface area contributed by atoms with Crippen molar-refractivity contribution in [1.82, 2.24) is 10.6 Å². The molecule has 1 saturated carbocycles. The molecule has 30 heavy (non-hydrogen) atoms. The molecule has 0 unspecified atom stereocenters. The molecule has 1 fully saturated rings. The molecular formula is C22H28N4O4. The first-order valence-electron chi connectivity index (χ1n) is 10.0. The fourth-order valence-electron chi connectivity index (χ4n) is 3.13. The van der Waals surface area contributed by atoms with Crippen LogP contribution in [0.3, 0.4) is 0 Å². The zero-order valence-corrected chi connectivity index (χ0v) is 17.6. The fraction of sp³-hybridized carbons (Fsp3) is 0.455. The quantitative estimate of drug-likeness (QED) is 0.422. The van der Waals surface area contributed by atoms with Gasteiger partial charge in [0.25, 0.3) is 5.91 Å². The van der Waals surface area contributed by atoms with E-state index in [0.29, 0.717) is 5.56 Å². The van der Waals surface area contributed by atoms with Gasteiger partial charge in [0.15, 0.2) is 6.10 Å². The van der Waals surface area contributed by atoms with Crippen LogP contribution in [-0.4, -0.2) is 44.1 Å². The largest absolute Gasteiger partial charge is 0.448 e. The van der Waals surface area contributed by atoms with E-state index < -0.39 is 24.0 Å². The SMILES string of the molecule is C[C@@H](OC(=O)/C(C#N)=C/c1ccc(N(C)C)cc1)C(=O)NC(=O)NC1CCCCC1. The van der Waals surface area contributed by atoms with Gasteiger partial charge in [0.05, 0.1) is 0 Å². The molecule has 2 N–H and O–H groups in total. The minimum Gasteiger partial charge on any atom is -0.448 e. The molecule has 0 bridgehead atoms. The first kappa shape index (κ1) is 22.9. The topological polar surface area (TPSA) is 112 Å². The molecule has 0 radical (unpaired) electrons. The molecule has 8 nitrogen and oxygen atoms in total. The minimum absolute atomic E-state index is 0.0522. The molecule has 0 heterocycles. The highest BCUT2D eigenvalue weighted by Crippen LogP contribution is 2.17. The predicted octanol–water partition coefficient (Wildman–Crippen LogP) is 2.75. The van der Waals surface area contributed by atoms with Crippen molar-refractivity contribution in [3.63, 3.8) is 0 Å². The van der Waals surface area contributed by atoms with Crippen molar-refractivity contribution in [3.05, 3.63) is 35.4 Å². The lowest BCUT2D eigenvalue weighted by Crippen LogP contribution is -2.48. The van der Waals surface area contributed by atoms with Crippen LogP contribution in [0.1, 0.15) is 44.6 Å². The van der Waals surface area contributed by atoms with Gasteiger partial charge >= 0.3 is 12.0 Å². The maximum Gasteiger partial charge on any atom is 0.349 e. The number of urea groups is 1. The number of imide groups is 1. The number of anilines is 1. The molecule has 1 aliphatic rings. The Labute approximate surface area is 176 Å². The van der Waals surface area contributed by atoms with E-state index >= 15 is 0 Å². The second-order valence-corrected chi connectivity index (χ2v) is 7.50. The van der Waals surface area contributed by atoms with Crippen LogP contribution in [0.15, 0.2) is 29.8 Å². The maximum atomic E-state index is 12.3. The summed E-state index contributed by atoms with van der Waals surface area (Å²) in [5.41, 5.74) is 1.39. The third-order valence-electron chi connectivity index (χ3n) is 4.89. The number of carbonyl (C=O) groups excluding carboxylic acids is 3. The van der Waals surface area contributed by atoms with Crippen molar-refractivity contribution >= 4 is 29.7 Å². The summed E-state index contributed by atoms with van der Waals surface area (Å²) in [5.74, 6) is -1.67. The fourth-order valence-corrected chi connectivity index (χ4v) is 3.13. The molecular weight excluding hydrogens is 384 g/mol. The lowest BCUT2D eigenvalue weighted by Gasteiger charge is -2.23. The van der Waals surface area contributed by atoms with E-state index in [0.717, 1.165) is 37.8 Å². The van der Waals surface area contributed by atoms with Gasteiger partial charge in [-0.1, -0.05) is 31.4 Å². The van der Waals surface area contributed by atoms with Crippen molar-refractivity contribution in [2.24, 2.45) is 0 Å². The standard InChI is InChI=1S/C22H28N4O4/c1-15(20(27)25-22(29)24-18-7-5-4-6-8-18)30-21(28)17(14-23)13-16-9-11-19(12-10-16)26(2)3/h9-13,15,18H,4-8H2,1-3H3,(H2,24,25,27,29)/b17-13+/t15-/m1/s1. The van der Waals surface area contributed by atoms with Crippen molar-refractivity contribution in [1.29, 1.82) is 5.26 Å². The van der Waals surface area contributed by atoms with Crippen molar-refractivity contribution in [2.45, 2.75) is 51.2 Å². The van der Waals surface area contributed by atoms with Crippen molar-refractivity contribution in [3.8, 4) is 6.07 Å². The number of hydrogen-bond acceptors (Lipinski definition) is 6. The van der Waals surface area contributed by atoms with Gasteiger partial charge in [0.2, 0.25) is 0 Å². The van der Waals surface area contributed by atoms with Crippen LogP contribution in [0.25, 0.3) is 6.08 Å². The molecule has 0 saturated heterocycles. The van der Waals surface area contributed by atoms with Crippen molar-refractivity contribution in [2.75, 3.05) is 19.0 Å². The number of ether oxygens (including phenoxy) is 1. The third-order valence-corrected chi connectivity index (χ3v) is 4.89. The van der Waals surface area contributed by atoms with E-state index in [9.17, 15) is 19.6 Å². The Hall–Kier alpha value is -3.34. The van der Waals surface area contributed by atoms with Crippen LogP contribution in [0.4, 0.5) is 10.5 Å². The predicted molar refractivity (Wildman–Crippen MR) is 113 cm³/mol. The number of nitrogens with one attached hydrogen (secondary N) is 2. The molecule has 160 valence electrons. The molecule has 1 aliphatic carbocycles. The Bertz CT molecular complexity index is 834. The van der Waals surface area contributed by atoms with E-state index in [1.807, 2.05) is 31.1 Å². The Morgan fingerprint density at radius 1 is 1.17 bits per heavy atom. The summed E-state index contributed by atoms with van der Waals surface area (Å²) >= 11 is 0. The van der Waals surface area contributed by atoms with Gasteiger partial charge in [-0.15, -0.1) is 0 Å².